The number of rotatable bonds is 0. The molecule has 0 aliphatic carbocycles. The van der Waals surface area contributed by atoms with E-state index >= 15 is 0 Å². The Balaban J connectivity index is 0. The van der Waals surface area contributed by atoms with E-state index in [0.717, 1.165) is 16.7 Å². The second kappa shape index (κ2) is 5.71. The molecule has 1 rings (SSSR count). The molecule has 12 heavy (non-hydrogen) atoms. The third kappa shape index (κ3) is 3.24. The van der Waals surface area contributed by atoms with Gasteiger partial charge in [0, 0.05) is 0 Å². The maximum Gasteiger partial charge on any atom is 2.00 e. The van der Waals surface area contributed by atoms with Crippen molar-refractivity contribution in [3.8, 4) is 0 Å². The minimum absolute atomic E-state index is 0. The number of benzene rings is 1. The topological polar surface area (TPSA) is 0 Å². The molecule has 0 fully saturated rings. The van der Waals surface area contributed by atoms with Crippen molar-refractivity contribution < 1.29 is 40.8 Å². The SMILES string of the molecule is [Br-].[CH2-]c1c(C)cc(F)cc1C.[Zn+2]. The zero-order valence-electron chi connectivity index (χ0n) is 7.32. The summed E-state index contributed by atoms with van der Waals surface area (Å²) in [6.07, 6.45) is 0. The van der Waals surface area contributed by atoms with Crippen molar-refractivity contribution in [2.45, 2.75) is 13.8 Å². The van der Waals surface area contributed by atoms with Crippen LogP contribution < -0.4 is 17.0 Å². The molecule has 0 radical (unpaired) electrons. The number of hydrogen-bond acceptors (Lipinski definition) is 0. The Morgan fingerprint density at radius 1 is 1.17 bits per heavy atom. The zero-order valence-corrected chi connectivity index (χ0v) is 11.9. The Labute approximate surface area is 96.1 Å². The van der Waals surface area contributed by atoms with Crippen LogP contribution in [0.1, 0.15) is 16.7 Å². The van der Waals surface area contributed by atoms with Gasteiger partial charge >= 0.3 is 19.5 Å². The van der Waals surface area contributed by atoms with E-state index in [9.17, 15) is 4.39 Å². The van der Waals surface area contributed by atoms with Gasteiger partial charge in [0.15, 0.2) is 0 Å². The van der Waals surface area contributed by atoms with E-state index in [1.807, 2.05) is 13.8 Å². The van der Waals surface area contributed by atoms with Gasteiger partial charge in [-0.05, 0) is 0 Å². The quantitative estimate of drug-likeness (QED) is 0.450. The average molecular weight is 282 g/mol. The molecule has 0 aliphatic heterocycles. The van der Waals surface area contributed by atoms with E-state index in [-0.39, 0.29) is 42.3 Å². The molecule has 0 aromatic heterocycles. The summed E-state index contributed by atoms with van der Waals surface area (Å²) in [6, 6.07) is 2.99. The van der Waals surface area contributed by atoms with Crippen molar-refractivity contribution in [1.82, 2.24) is 0 Å². The first-order chi connectivity index (χ1) is 4.61. The normalized spacial score (nSPS) is 8.25. The zero-order chi connectivity index (χ0) is 7.72. The monoisotopic (exact) mass is 280 g/mol. The third-order valence-electron chi connectivity index (χ3n) is 1.66. The summed E-state index contributed by atoms with van der Waals surface area (Å²) in [5, 5.41) is 0. The van der Waals surface area contributed by atoms with E-state index in [1.54, 1.807) is 0 Å². The summed E-state index contributed by atoms with van der Waals surface area (Å²) >= 11 is 0. The molecule has 0 nitrogen and oxygen atoms in total. The molecule has 0 amide bonds. The summed E-state index contributed by atoms with van der Waals surface area (Å²) in [5.74, 6) is -0.178. The molecule has 1 aromatic rings. The Morgan fingerprint density at radius 2 is 1.50 bits per heavy atom. The van der Waals surface area contributed by atoms with Crippen LogP contribution in [0.4, 0.5) is 4.39 Å². The van der Waals surface area contributed by atoms with Crippen molar-refractivity contribution >= 4 is 0 Å². The Kier molecular flexibility index (Phi) is 6.97. The Bertz CT molecular complexity index is 238. The minimum Gasteiger partial charge on any atom is -1.00 e. The second-order valence-corrected chi connectivity index (χ2v) is 2.52. The predicted octanol–water partition coefficient (Wildman–Crippen LogP) is -0.374. The Morgan fingerprint density at radius 3 is 1.83 bits per heavy atom. The van der Waals surface area contributed by atoms with Crippen LogP contribution in [0.5, 0.6) is 0 Å². The molecule has 0 saturated heterocycles. The van der Waals surface area contributed by atoms with E-state index < -0.39 is 0 Å². The minimum atomic E-state index is -0.178. The van der Waals surface area contributed by atoms with E-state index in [0.29, 0.717) is 0 Å². The molecule has 0 N–H and O–H groups in total. The Hall–Kier alpha value is 0.123. The van der Waals surface area contributed by atoms with Gasteiger partial charge < -0.3 is 17.0 Å². The molecule has 0 unspecified atom stereocenters. The maximum absolute atomic E-state index is 12.6. The molecular weight excluding hydrogens is 272 g/mol. The van der Waals surface area contributed by atoms with Crippen molar-refractivity contribution in [3.63, 3.8) is 0 Å². The molecule has 62 valence electrons. The standard InChI is InChI=1S/C9H10F.BrH.Zn/c1-6-4-9(10)5-7(2)8(6)3;;/h4-5H,3H2,1-2H3;1H;/q-1;;+2/p-1. The van der Waals surface area contributed by atoms with Crippen LogP contribution in [-0.4, -0.2) is 0 Å². The summed E-state index contributed by atoms with van der Waals surface area (Å²) in [7, 11) is 0. The number of halogens is 2. The molecule has 0 atom stereocenters. The van der Waals surface area contributed by atoms with E-state index in [1.165, 1.54) is 12.1 Å². The molecule has 0 spiro atoms. The first-order valence-electron chi connectivity index (χ1n) is 3.20. The van der Waals surface area contributed by atoms with Gasteiger partial charge in [0.25, 0.3) is 0 Å². The first-order valence-corrected chi connectivity index (χ1v) is 3.20. The molecular formula is C9H10BrFZn. The third-order valence-corrected chi connectivity index (χ3v) is 1.66. The van der Waals surface area contributed by atoms with Crippen molar-refractivity contribution in [2.75, 3.05) is 0 Å². The second-order valence-electron chi connectivity index (χ2n) is 2.52. The van der Waals surface area contributed by atoms with Crippen LogP contribution in [-0.2, 0) is 19.5 Å². The molecule has 1 aromatic carbocycles. The van der Waals surface area contributed by atoms with Crippen LogP contribution in [0.15, 0.2) is 12.1 Å². The van der Waals surface area contributed by atoms with Crippen molar-refractivity contribution in [2.24, 2.45) is 0 Å². The van der Waals surface area contributed by atoms with Gasteiger partial charge in [-0.3, -0.25) is 0 Å². The molecule has 0 saturated carbocycles. The summed E-state index contributed by atoms with van der Waals surface area (Å²) in [5.41, 5.74) is 2.76. The fourth-order valence-corrected chi connectivity index (χ4v) is 0.941. The van der Waals surface area contributed by atoms with Crippen molar-refractivity contribution in [1.29, 1.82) is 0 Å². The molecule has 0 bridgehead atoms. The van der Waals surface area contributed by atoms with E-state index in [2.05, 4.69) is 6.92 Å². The van der Waals surface area contributed by atoms with Gasteiger partial charge in [-0.2, -0.15) is 12.5 Å². The van der Waals surface area contributed by atoms with Gasteiger partial charge in [-0.1, -0.05) is 26.0 Å². The van der Waals surface area contributed by atoms with Gasteiger partial charge in [0.1, 0.15) is 0 Å². The van der Waals surface area contributed by atoms with Gasteiger partial charge in [-0.25, -0.2) is 4.39 Å². The largest absolute Gasteiger partial charge is 2.00 e. The van der Waals surface area contributed by atoms with Gasteiger partial charge in [-0.15, -0.1) is 11.1 Å². The smallest absolute Gasteiger partial charge is 1.00 e. The van der Waals surface area contributed by atoms with Crippen molar-refractivity contribution in [3.05, 3.63) is 41.6 Å². The van der Waals surface area contributed by atoms with Crippen LogP contribution in [0.3, 0.4) is 0 Å². The van der Waals surface area contributed by atoms with Crippen LogP contribution in [0.2, 0.25) is 0 Å². The molecule has 3 heteroatoms. The fraction of sp³-hybridized carbons (Fsp3) is 0.222. The number of aryl methyl sites for hydroxylation is 2. The maximum atomic E-state index is 12.6. The van der Waals surface area contributed by atoms with Crippen LogP contribution >= 0.6 is 0 Å². The van der Waals surface area contributed by atoms with E-state index in [4.69, 9.17) is 0 Å². The first kappa shape index (κ1) is 14.6. The van der Waals surface area contributed by atoms with Crippen LogP contribution in [0.25, 0.3) is 0 Å². The summed E-state index contributed by atoms with van der Waals surface area (Å²) in [4.78, 5) is 0. The molecule has 0 aliphatic rings. The predicted molar refractivity (Wildman–Crippen MR) is 40.3 cm³/mol. The summed E-state index contributed by atoms with van der Waals surface area (Å²) < 4.78 is 12.6. The summed E-state index contributed by atoms with van der Waals surface area (Å²) in [6.45, 7) is 7.51. The van der Waals surface area contributed by atoms with Crippen LogP contribution in [0, 0.1) is 26.6 Å². The average Bonchev–Trinajstić information content (AvgIpc) is 1.82. The number of hydrogen-bond donors (Lipinski definition) is 0. The fourth-order valence-electron chi connectivity index (χ4n) is 0.941. The molecule has 0 heterocycles. The van der Waals surface area contributed by atoms with Gasteiger partial charge in [0.05, 0.1) is 5.82 Å². The van der Waals surface area contributed by atoms with Gasteiger partial charge in [0.2, 0.25) is 0 Å².